The fourth-order valence-electron chi connectivity index (χ4n) is 3.95. The largest absolute Gasteiger partial charge is 0.367 e. The number of rotatable bonds is 7. The summed E-state index contributed by atoms with van der Waals surface area (Å²) >= 11 is 1.60. The van der Waals surface area contributed by atoms with Gasteiger partial charge in [-0.05, 0) is 49.6 Å². The standard InChI is InChI=1S/C20H25F2N7S/c1-30-26-9-13-8-14(23)3-4-15(13)27-17-6-7-24-20(28-17)16-10-25-18-5-2-12(19(21)22)11-29(16)18/h2,5-7,10-11,13-15,19,26H,3-4,8-9,23H2,1H3,(H,24,27,28). The molecule has 4 rings (SSSR count). The molecule has 1 saturated carbocycles. The van der Waals surface area contributed by atoms with E-state index in [1.165, 1.54) is 12.3 Å². The Bertz CT molecular complexity index is 996. The Morgan fingerprint density at radius 2 is 2.13 bits per heavy atom. The predicted molar refractivity (Wildman–Crippen MR) is 115 cm³/mol. The van der Waals surface area contributed by atoms with Crippen molar-refractivity contribution in [1.29, 1.82) is 0 Å². The molecule has 3 heterocycles. The van der Waals surface area contributed by atoms with E-state index in [9.17, 15) is 8.78 Å². The number of pyridine rings is 1. The third-order valence-electron chi connectivity index (χ3n) is 5.51. The molecule has 3 unspecified atom stereocenters. The Hall–Kier alpha value is -2.30. The van der Waals surface area contributed by atoms with Crippen molar-refractivity contribution >= 4 is 23.4 Å². The molecule has 3 aromatic heterocycles. The molecule has 0 bridgehead atoms. The smallest absolute Gasteiger partial charge is 0.265 e. The molecule has 1 fully saturated rings. The van der Waals surface area contributed by atoms with Crippen LogP contribution in [0.2, 0.25) is 0 Å². The first kappa shape index (κ1) is 21.0. The molecule has 0 amide bonds. The molecule has 10 heteroatoms. The topological polar surface area (TPSA) is 93.2 Å². The SMILES string of the molecule is CSNCC1CC(N)CCC1Nc1ccnc(-c2cnc3ccc(C(F)F)cn23)n1. The second-order valence-corrected chi connectivity index (χ2v) is 8.23. The minimum atomic E-state index is -2.55. The first-order chi connectivity index (χ1) is 14.5. The van der Waals surface area contributed by atoms with Gasteiger partial charge in [0.25, 0.3) is 6.43 Å². The van der Waals surface area contributed by atoms with Gasteiger partial charge in [-0.1, -0.05) is 11.9 Å². The third kappa shape index (κ3) is 4.55. The highest BCUT2D eigenvalue weighted by Crippen LogP contribution is 2.27. The lowest BCUT2D eigenvalue weighted by Gasteiger charge is -2.35. The molecule has 4 N–H and O–H groups in total. The van der Waals surface area contributed by atoms with E-state index in [2.05, 4.69) is 25.0 Å². The van der Waals surface area contributed by atoms with Crippen molar-refractivity contribution in [2.75, 3.05) is 18.1 Å². The van der Waals surface area contributed by atoms with E-state index >= 15 is 0 Å². The summed E-state index contributed by atoms with van der Waals surface area (Å²) < 4.78 is 31.2. The zero-order chi connectivity index (χ0) is 21.1. The number of hydrogen-bond donors (Lipinski definition) is 3. The Morgan fingerprint density at radius 1 is 1.27 bits per heavy atom. The zero-order valence-electron chi connectivity index (χ0n) is 16.6. The van der Waals surface area contributed by atoms with Crippen molar-refractivity contribution < 1.29 is 8.78 Å². The van der Waals surface area contributed by atoms with E-state index < -0.39 is 6.43 Å². The van der Waals surface area contributed by atoms with Crippen LogP contribution in [-0.4, -0.2) is 44.2 Å². The van der Waals surface area contributed by atoms with Crippen LogP contribution in [0.3, 0.4) is 0 Å². The van der Waals surface area contributed by atoms with Gasteiger partial charge in [-0.3, -0.25) is 9.12 Å². The number of fused-ring (bicyclic) bond motifs is 1. The summed E-state index contributed by atoms with van der Waals surface area (Å²) in [6, 6.07) is 5.25. The van der Waals surface area contributed by atoms with Gasteiger partial charge in [0.15, 0.2) is 5.82 Å². The van der Waals surface area contributed by atoms with E-state index in [-0.39, 0.29) is 17.6 Å². The van der Waals surface area contributed by atoms with Gasteiger partial charge in [0.2, 0.25) is 0 Å². The molecule has 3 aromatic rings. The summed E-state index contributed by atoms with van der Waals surface area (Å²) in [7, 11) is 0. The minimum Gasteiger partial charge on any atom is -0.367 e. The molecule has 1 aliphatic carbocycles. The molecule has 160 valence electrons. The van der Waals surface area contributed by atoms with Crippen LogP contribution in [0.1, 0.15) is 31.3 Å². The Labute approximate surface area is 178 Å². The molecule has 0 spiro atoms. The number of hydrogen-bond acceptors (Lipinski definition) is 7. The summed E-state index contributed by atoms with van der Waals surface area (Å²) in [5.41, 5.74) is 7.25. The Kier molecular flexibility index (Phi) is 6.45. The maximum Gasteiger partial charge on any atom is 0.265 e. The first-order valence-electron chi connectivity index (χ1n) is 9.91. The molecule has 0 aliphatic heterocycles. The number of imidazole rings is 1. The number of nitrogens with one attached hydrogen (secondary N) is 2. The number of alkyl halides is 2. The first-order valence-corrected chi connectivity index (χ1v) is 11.1. The van der Waals surface area contributed by atoms with Gasteiger partial charge in [0.05, 0.1) is 6.20 Å². The fourth-order valence-corrected chi connectivity index (χ4v) is 4.33. The second-order valence-electron chi connectivity index (χ2n) is 7.54. The van der Waals surface area contributed by atoms with Gasteiger partial charge < -0.3 is 11.1 Å². The van der Waals surface area contributed by atoms with E-state index in [1.54, 1.807) is 34.8 Å². The highest BCUT2D eigenvalue weighted by molar-refractivity contribution is 7.96. The molecule has 0 saturated heterocycles. The maximum atomic E-state index is 13.1. The van der Waals surface area contributed by atoms with Crippen molar-refractivity contribution in [1.82, 2.24) is 24.1 Å². The van der Waals surface area contributed by atoms with Crippen LogP contribution < -0.4 is 15.8 Å². The summed E-state index contributed by atoms with van der Waals surface area (Å²) in [5, 5.41) is 3.53. The molecular weight excluding hydrogens is 408 g/mol. The van der Waals surface area contributed by atoms with Crippen LogP contribution >= 0.6 is 11.9 Å². The number of anilines is 1. The third-order valence-corrected chi connectivity index (χ3v) is 5.97. The van der Waals surface area contributed by atoms with E-state index in [4.69, 9.17) is 5.73 Å². The predicted octanol–water partition coefficient (Wildman–Crippen LogP) is 3.50. The van der Waals surface area contributed by atoms with Crippen LogP contribution in [-0.2, 0) is 0 Å². The quantitative estimate of drug-likeness (QED) is 0.491. The van der Waals surface area contributed by atoms with Crippen LogP contribution in [0, 0.1) is 5.92 Å². The summed E-state index contributed by atoms with van der Waals surface area (Å²) in [4.78, 5) is 13.3. The van der Waals surface area contributed by atoms with Gasteiger partial charge in [-0.2, -0.15) is 0 Å². The average Bonchev–Trinajstić information content (AvgIpc) is 3.17. The lowest BCUT2D eigenvalue weighted by molar-refractivity contribution is 0.151. The van der Waals surface area contributed by atoms with E-state index in [1.807, 2.05) is 12.3 Å². The number of halogens is 2. The maximum absolute atomic E-state index is 13.1. The van der Waals surface area contributed by atoms with Crippen LogP contribution in [0.15, 0.2) is 36.8 Å². The number of aromatic nitrogens is 4. The normalized spacial score (nSPS) is 22.0. The zero-order valence-corrected chi connectivity index (χ0v) is 17.4. The highest BCUT2D eigenvalue weighted by Gasteiger charge is 2.29. The Balaban J connectivity index is 1.58. The molecule has 1 aliphatic rings. The summed E-state index contributed by atoms with van der Waals surface area (Å²) in [5.74, 6) is 1.53. The Morgan fingerprint density at radius 3 is 2.93 bits per heavy atom. The van der Waals surface area contributed by atoms with E-state index in [0.717, 1.165) is 25.8 Å². The fraction of sp³-hybridized carbons (Fsp3) is 0.450. The average molecular weight is 434 g/mol. The molecule has 30 heavy (non-hydrogen) atoms. The summed E-state index contributed by atoms with van der Waals surface area (Å²) in [6.45, 7) is 0.869. The van der Waals surface area contributed by atoms with Crippen LogP contribution in [0.5, 0.6) is 0 Å². The van der Waals surface area contributed by atoms with Crippen molar-refractivity contribution in [2.24, 2.45) is 11.7 Å². The highest BCUT2D eigenvalue weighted by atomic mass is 32.2. The van der Waals surface area contributed by atoms with Crippen LogP contribution in [0.4, 0.5) is 14.6 Å². The van der Waals surface area contributed by atoms with Gasteiger partial charge in [-0.25, -0.2) is 23.7 Å². The van der Waals surface area contributed by atoms with Gasteiger partial charge >= 0.3 is 0 Å². The number of nitrogens with zero attached hydrogens (tertiary/aromatic N) is 4. The molecule has 7 nitrogen and oxygen atoms in total. The van der Waals surface area contributed by atoms with Crippen molar-refractivity contribution in [3.05, 3.63) is 42.4 Å². The van der Waals surface area contributed by atoms with E-state index in [0.29, 0.717) is 28.9 Å². The minimum absolute atomic E-state index is 0.0706. The van der Waals surface area contributed by atoms with Gasteiger partial charge in [-0.15, -0.1) is 0 Å². The number of nitrogens with two attached hydrogens (primary N) is 1. The molecule has 3 atom stereocenters. The van der Waals surface area contributed by atoms with Crippen molar-refractivity contribution in [3.8, 4) is 11.5 Å². The molecule has 0 aromatic carbocycles. The second kappa shape index (κ2) is 9.23. The van der Waals surface area contributed by atoms with Crippen molar-refractivity contribution in [2.45, 2.75) is 37.8 Å². The van der Waals surface area contributed by atoms with Crippen LogP contribution in [0.25, 0.3) is 17.2 Å². The molecule has 0 radical (unpaired) electrons. The molecular formula is C20H25F2N7S. The monoisotopic (exact) mass is 433 g/mol. The van der Waals surface area contributed by atoms with Gasteiger partial charge in [0.1, 0.15) is 17.2 Å². The van der Waals surface area contributed by atoms with Gasteiger partial charge in [0, 0.05) is 36.6 Å². The lowest BCUT2D eigenvalue weighted by atomic mass is 9.82. The lowest BCUT2D eigenvalue weighted by Crippen LogP contribution is -2.43. The van der Waals surface area contributed by atoms with Crippen molar-refractivity contribution in [3.63, 3.8) is 0 Å². The summed E-state index contributed by atoms with van der Waals surface area (Å²) in [6.07, 6.45) is 7.01.